The van der Waals surface area contributed by atoms with Crippen LogP contribution in [0.5, 0.6) is 0 Å². The van der Waals surface area contributed by atoms with E-state index in [1.807, 2.05) is 0 Å². The fraction of sp³-hybridized carbons (Fsp3) is 0.489. The summed E-state index contributed by atoms with van der Waals surface area (Å²) in [4.78, 5) is 41.2. The maximum absolute atomic E-state index is 15.9. The lowest BCUT2D eigenvalue weighted by atomic mass is 9.84. The summed E-state index contributed by atoms with van der Waals surface area (Å²) in [5.74, 6) is -16.6. The van der Waals surface area contributed by atoms with Crippen molar-refractivity contribution < 1.29 is 61.9 Å². The highest BCUT2D eigenvalue weighted by Crippen LogP contribution is 2.68. The molecule has 1 aliphatic heterocycles. The van der Waals surface area contributed by atoms with Crippen molar-refractivity contribution in [3.8, 4) is 5.69 Å². The first-order valence-electron chi connectivity index (χ1n) is 23.4. The number of nitrogens with zero attached hydrogens (tertiary/aromatic N) is 8. The van der Waals surface area contributed by atoms with Gasteiger partial charge < -0.3 is 10.1 Å². The molecule has 396 valence electrons. The Hall–Kier alpha value is -5.86. The minimum atomic E-state index is -4.07. The van der Waals surface area contributed by atoms with Gasteiger partial charge in [0.15, 0.2) is 11.5 Å². The Labute approximate surface area is 419 Å². The van der Waals surface area contributed by atoms with Gasteiger partial charge in [-0.15, -0.1) is 0 Å². The molecule has 2 N–H and O–H groups in total. The number of rotatable bonds is 17. The van der Waals surface area contributed by atoms with Crippen LogP contribution in [0.4, 0.5) is 49.7 Å². The second-order valence-corrected chi connectivity index (χ2v) is 21.7. The summed E-state index contributed by atoms with van der Waals surface area (Å²) >= 11 is 6.80. The molecule has 10 rings (SSSR count). The highest BCUT2D eigenvalue weighted by Gasteiger charge is 2.67. The van der Waals surface area contributed by atoms with Gasteiger partial charge in [0, 0.05) is 75.2 Å². The number of nitrogens with one attached hydrogen (secondary N) is 2. The van der Waals surface area contributed by atoms with Crippen molar-refractivity contribution in [1.29, 1.82) is 0 Å². The van der Waals surface area contributed by atoms with Crippen molar-refractivity contribution in [2.75, 3.05) is 37.8 Å². The highest BCUT2D eigenvalue weighted by molar-refractivity contribution is 7.92. The number of carbonyl (C=O) groups excluding carboxylic acids is 1. The maximum Gasteiger partial charge on any atom is 0.293 e. The Kier molecular flexibility index (Phi) is 13.1. The number of sulfonamides is 1. The van der Waals surface area contributed by atoms with E-state index >= 15 is 22.4 Å². The van der Waals surface area contributed by atoms with Crippen LogP contribution in [-0.4, -0.2) is 98.2 Å². The van der Waals surface area contributed by atoms with Gasteiger partial charge in [0.25, 0.3) is 23.8 Å². The van der Waals surface area contributed by atoms with E-state index in [0.717, 1.165) is 23.0 Å². The zero-order valence-electron chi connectivity index (χ0n) is 39.2. The first kappa shape index (κ1) is 51.6. The first-order chi connectivity index (χ1) is 34.8. The van der Waals surface area contributed by atoms with Gasteiger partial charge in [-0.2, -0.15) is 19.0 Å². The summed E-state index contributed by atoms with van der Waals surface area (Å²) in [6, 6.07) is 4.70. The lowest BCUT2D eigenvalue weighted by molar-refractivity contribution is -0.133. The third-order valence-corrected chi connectivity index (χ3v) is 14.8. The van der Waals surface area contributed by atoms with E-state index in [2.05, 4.69) is 20.2 Å². The average Bonchev–Trinajstić information content (AvgIpc) is 3.81. The molecule has 2 aromatic carbocycles. The van der Waals surface area contributed by atoms with Crippen molar-refractivity contribution in [2.24, 2.45) is 5.92 Å². The zero-order valence-corrected chi connectivity index (χ0v) is 40.8. The zero-order chi connectivity index (χ0) is 53.0. The van der Waals surface area contributed by atoms with Crippen LogP contribution >= 0.6 is 11.6 Å². The minimum Gasteiger partial charge on any atom is -0.385 e. The van der Waals surface area contributed by atoms with Crippen molar-refractivity contribution in [3.05, 3.63) is 103 Å². The van der Waals surface area contributed by atoms with Crippen molar-refractivity contribution in [3.63, 3.8) is 0 Å². The lowest BCUT2D eigenvalue weighted by Crippen LogP contribution is -2.55. The van der Waals surface area contributed by atoms with Gasteiger partial charge in [-0.1, -0.05) is 11.6 Å². The van der Waals surface area contributed by atoms with Crippen LogP contribution in [0.2, 0.25) is 5.02 Å². The molecule has 0 bridgehead atoms. The summed E-state index contributed by atoms with van der Waals surface area (Å²) in [6.45, 7) is -2.67. The molecule has 0 radical (unpaired) electrons. The standard InChI is InChI=1S/C47H45ClF10N10O5S/c1-73-11-3-10-66-38-32(5-4-29(48)36(38)42(63-66)64-74(2,71)72)68-43(61-41-34(44(68)70)24(18-65-20-46(55,56)21-65)15-30(60-41)23-6-8-45(53,54)9-7-23)31(14-22-12-25(49)16-26(50)13-22)59-33(69)19-67-39-35(37(62-67)40(51)52)27-17-28(27)47(39,57)58/h4-5,12-13,15-16,23,27-28,31,40H,3,6-11,14,17-21H2,1-2H3,(H,59,69)(H,63,64)/t27?,28-,31+/m1/s1. The summed E-state index contributed by atoms with van der Waals surface area (Å²) in [5.41, 5.74) is -3.57. The van der Waals surface area contributed by atoms with Gasteiger partial charge in [-0.3, -0.25) is 33.1 Å². The summed E-state index contributed by atoms with van der Waals surface area (Å²) in [7, 11) is -2.65. The molecule has 15 nitrogen and oxygen atoms in total. The average molecular weight is 1090 g/mol. The number of halogens is 11. The molecule has 6 aromatic rings. The largest absolute Gasteiger partial charge is 0.385 e. The van der Waals surface area contributed by atoms with Crippen LogP contribution in [0.1, 0.15) is 102 Å². The van der Waals surface area contributed by atoms with Gasteiger partial charge >= 0.3 is 0 Å². The van der Waals surface area contributed by atoms with Gasteiger partial charge in [0.1, 0.15) is 35.4 Å². The number of likely N-dealkylation sites (tertiary alicyclic amines) is 1. The van der Waals surface area contributed by atoms with Gasteiger partial charge in [0.05, 0.1) is 52.4 Å². The number of ether oxygens (including phenoxy) is 1. The third-order valence-electron chi connectivity index (χ3n) is 13.9. The molecular formula is C47H45ClF10N10O5S. The highest BCUT2D eigenvalue weighted by atomic mass is 35.5. The van der Waals surface area contributed by atoms with E-state index in [4.69, 9.17) is 26.3 Å². The van der Waals surface area contributed by atoms with Crippen LogP contribution in [-0.2, 0) is 51.5 Å². The number of pyridine rings is 1. The predicted molar refractivity (Wildman–Crippen MR) is 248 cm³/mol. The molecule has 3 fully saturated rings. The number of benzene rings is 2. The number of aromatic nitrogens is 7. The van der Waals surface area contributed by atoms with E-state index in [1.54, 1.807) is 0 Å². The Morgan fingerprint density at radius 3 is 2.30 bits per heavy atom. The van der Waals surface area contributed by atoms with E-state index in [9.17, 15) is 39.6 Å². The molecule has 5 heterocycles. The molecule has 3 aliphatic carbocycles. The van der Waals surface area contributed by atoms with Crippen molar-refractivity contribution in [2.45, 2.75) is 107 Å². The molecule has 1 unspecified atom stereocenters. The topological polar surface area (TPSA) is 171 Å². The molecule has 4 aliphatic rings. The predicted octanol–water partition coefficient (Wildman–Crippen LogP) is 8.66. The number of methoxy groups -OCH3 is 1. The van der Waals surface area contributed by atoms with E-state index in [1.165, 1.54) is 34.9 Å². The Bertz CT molecular complexity index is 3390. The fourth-order valence-corrected chi connectivity index (χ4v) is 11.5. The summed E-state index contributed by atoms with van der Waals surface area (Å²) in [5, 5.41) is 10.4. The van der Waals surface area contributed by atoms with E-state index in [-0.39, 0.29) is 106 Å². The number of anilines is 1. The second kappa shape index (κ2) is 18.8. The van der Waals surface area contributed by atoms with Gasteiger partial charge in [0.2, 0.25) is 21.9 Å². The smallest absolute Gasteiger partial charge is 0.293 e. The molecule has 74 heavy (non-hydrogen) atoms. The van der Waals surface area contributed by atoms with Gasteiger partial charge in [-0.25, -0.2) is 53.5 Å². The van der Waals surface area contributed by atoms with Crippen LogP contribution in [0, 0.1) is 17.6 Å². The number of amides is 1. The third kappa shape index (κ3) is 9.81. The van der Waals surface area contributed by atoms with Gasteiger partial charge in [-0.05, 0) is 73.1 Å². The number of hydrogen-bond acceptors (Lipinski definition) is 10. The molecule has 1 amide bonds. The van der Waals surface area contributed by atoms with Crippen LogP contribution < -0.4 is 15.6 Å². The van der Waals surface area contributed by atoms with E-state index in [0.29, 0.717) is 10.7 Å². The quantitative estimate of drug-likeness (QED) is 0.0666. The Balaban J connectivity index is 1.22. The Morgan fingerprint density at radius 1 is 0.946 bits per heavy atom. The monoisotopic (exact) mass is 1090 g/mol. The summed E-state index contributed by atoms with van der Waals surface area (Å²) < 4.78 is 184. The normalized spacial score (nSPS) is 20.5. The Morgan fingerprint density at radius 2 is 1.65 bits per heavy atom. The van der Waals surface area contributed by atoms with Crippen molar-refractivity contribution in [1.82, 2.24) is 44.3 Å². The molecule has 3 atom stereocenters. The van der Waals surface area contributed by atoms with Crippen LogP contribution in [0.15, 0.2) is 41.2 Å². The molecule has 1 saturated heterocycles. The number of fused-ring (bicyclic) bond motifs is 5. The molecule has 27 heteroatoms. The number of hydrogen-bond donors (Lipinski definition) is 2. The lowest BCUT2D eigenvalue weighted by Gasteiger charge is -2.39. The second-order valence-electron chi connectivity index (χ2n) is 19.5. The first-order valence-corrected chi connectivity index (χ1v) is 25.7. The number of carbonyl (C=O) groups is 1. The van der Waals surface area contributed by atoms with Crippen LogP contribution in [0.25, 0.3) is 27.6 Å². The fourth-order valence-electron chi connectivity index (χ4n) is 10.7. The van der Waals surface area contributed by atoms with E-state index < -0.39 is 137 Å². The maximum atomic E-state index is 15.9. The molecule has 2 saturated carbocycles. The number of aryl methyl sites for hydroxylation is 1. The minimum absolute atomic E-state index is 0.0160. The SMILES string of the molecule is COCCCn1nc(NS(C)(=O)=O)c2c(Cl)ccc(-n3c([C@H](Cc4cc(F)cc(F)c4)NC(=O)Cn4nc(C(F)F)c5c4C(F)(F)[C@@H]4CC54)nc4nc(C5CCC(F)(F)CC5)cc(CN5CC(F)(F)C5)c4c3=O)c21. The molecular weight excluding hydrogens is 1040 g/mol. The number of alkyl halides is 8. The van der Waals surface area contributed by atoms with Crippen LogP contribution in [0.3, 0.4) is 0 Å². The molecule has 0 spiro atoms. The molecule has 4 aromatic heterocycles. The summed E-state index contributed by atoms with van der Waals surface area (Å²) in [6.07, 6.45) is -4.05. The van der Waals surface area contributed by atoms with Crippen molar-refractivity contribution >= 4 is 55.3 Å².